The number of carboxylic acid groups (broad SMARTS) is 2. The molecule has 206 valence electrons. The smallest absolute Gasteiger partial charge is 0.303 e. The summed E-state index contributed by atoms with van der Waals surface area (Å²) in [6, 6.07) is 0. The zero-order valence-corrected chi connectivity index (χ0v) is 26.8. The normalized spacial score (nSPS) is 10.3. The van der Waals surface area contributed by atoms with Crippen LogP contribution in [-0.2, 0) is 29.1 Å². The Morgan fingerprint density at radius 2 is 0.543 bits per heavy atom. The molecule has 0 aromatic carbocycles. The molecular weight excluding hydrogens is 490 g/mol. The van der Waals surface area contributed by atoms with Crippen LogP contribution in [-0.4, -0.2) is 22.2 Å². The van der Waals surface area contributed by atoms with E-state index in [1.54, 1.807) is 0 Å². The second-order valence-corrected chi connectivity index (χ2v) is 10.1. The third kappa shape index (κ3) is 44.0. The minimum atomic E-state index is -0.655. The topological polar surface area (TPSA) is 74.6 Å². The average molecular weight is 550 g/mol. The number of rotatable bonds is 26. The Morgan fingerprint density at radius 3 is 0.714 bits per heavy atom. The van der Waals surface area contributed by atoms with E-state index in [-0.39, 0.29) is 19.5 Å². The molecule has 0 aromatic heterocycles. The van der Waals surface area contributed by atoms with Crippen molar-refractivity contribution in [1.29, 1.82) is 0 Å². The molecule has 0 fully saturated rings. The molecule has 0 saturated heterocycles. The van der Waals surface area contributed by atoms with E-state index in [2.05, 4.69) is 13.8 Å². The SMILES string of the molecule is CCCCCCCCCCCCCCC(=O)O.CCCCCCCCCCCCCCC(=O)O.[Zn]. The van der Waals surface area contributed by atoms with Crippen molar-refractivity contribution in [2.45, 2.75) is 181 Å². The minimum Gasteiger partial charge on any atom is -0.481 e. The van der Waals surface area contributed by atoms with Gasteiger partial charge in [-0.25, -0.2) is 0 Å². The molecule has 5 heteroatoms. The average Bonchev–Trinajstić information content (AvgIpc) is 2.80. The molecule has 0 aliphatic heterocycles. The van der Waals surface area contributed by atoms with Crippen LogP contribution in [0.5, 0.6) is 0 Å². The Labute approximate surface area is 231 Å². The molecular formula is C30H60O4Zn. The summed E-state index contributed by atoms with van der Waals surface area (Å²) in [6.45, 7) is 4.51. The van der Waals surface area contributed by atoms with Gasteiger partial charge in [-0.1, -0.05) is 155 Å². The Hall–Kier alpha value is -0.437. The van der Waals surface area contributed by atoms with Gasteiger partial charge in [0.1, 0.15) is 0 Å². The van der Waals surface area contributed by atoms with E-state index in [1.165, 1.54) is 128 Å². The molecule has 0 aliphatic carbocycles. The third-order valence-corrected chi connectivity index (χ3v) is 6.49. The number of aliphatic carboxylic acids is 2. The van der Waals surface area contributed by atoms with Gasteiger partial charge in [0.05, 0.1) is 0 Å². The minimum absolute atomic E-state index is 0. The van der Waals surface area contributed by atoms with Gasteiger partial charge in [-0.3, -0.25) is 9.59 Å². The fraction of sp³-hybridized carbons (Fsp3) is 0.933. The van der Waals surface area contributed by atoms with Crippen molar-refractivity contribution in [2.75, 3.05) is 0 Å². The number of hydrogen-bond donors (Lipinski definition) is 2. The molecule has 0 bridgehead atoms. The van der Waals surface area contributed by atoms with Crippen LogP contribution in [0.4, 0.5) is 0 Å². The fourth-order valence-corrected chi connectivity index (χ4v) is 4.23. The molecule has 0 saturated carbocycles. The Balaban J connectivity index is -0.000000569. The summed E-state index contributed by atoms with van der Waals surface area (Å²) in [4.78, 5) is 20.6. The van der Waals surface area contributed by atoms with Crippen LogP contribution in [0.3, 0.4) is 0 Å². The van der Waals surface area contributed by atoms with E-state index in [9.17, 15) is 9.59 Å². The van der Waals surface area contributed by atoms with Gasteiger partial charge in [0, 0.05) is 32.3 Å². The van der Waals surface area contributed by atoms with Crippen molar-refractivity contribution >= 4 is 11.9 Å². The van der Waals surface area contributed by atoms with Crippen LogP contribution >= 0.6 is 0 Å². The van der Waals surface area contributed by atoms with Gasteiger partial charge in [-0.15, -0.1) is 0 Å². The summed E-state index contributed by atoms with van der Waals surface area (Å²) in [5.41, 5.74) is 0. The predicted octanol–water partition coefficient (Wildman–Crippen LogP) is 10.3. The van der Waals surface area contributed by atoms with E-state index in [1.807, 2.05) is 0 Å². The first-order chi connectivity index (χ1) is 16.5. The molecule has 0 amide bonds. The molecule has 0 aliphatic rings. The number of unbranched alkanes of at least 4 members (excludes halogenated alkanes) is 22. The summed E-state index contributed by atoms with van der Waals surface area (Å²) >= 11 is 0. The molecule has 0 radical (unpaired) electrons. The maximum Gasteiger partial charge on any atom is 0.303 e. The molecule has 0 spiro atoms. The predicted molar refractivity (Wildman–Crippen MR) is 147 cm³/mol. The maximum absolute atomic E-state index is 10.3. The molecule has 0 heterocycles. The van der Waals surface area contributed by atoms with Crippen LogP contribution in [0.1, 0.15) is 181 Å². The van der Waals surface area contributed by atoms with Crippen molar-refractivity contribution in [3.63, 3.8) is 0 Å². The Bertz CT molecular complexity index is 377. The molecule has 0 unspecified atom stereocenters. The van der Waals surface area contributed by atoms with Crippen LogP contribution in [0.25, 0.3) is 0 Å². The van der Waals surface area contributed by atoms with Crippen molar-refractivity contribution in [2.24, 2.45) is 0 Å². The van der Waals surface area contributed by atoms with Gasteiger partial charge in [0.25, 0.3) is 0 Å². The number of carboxylic acids is 2. The van der Waals surface area contributed by atoms with Gasteiger partial charge < -0.3 is 10.2 Å². The Morgan fingerprint density at radius 1 is 0.371 bits per heavy atom. The third-order valence-electron chi connectivity index (χ3n) is 6.49. The van der Waals surface area contributed by atoms with Crippen LogP contribution in [0.15, 0.2) is 0 Å². The van der Waals surface area contributed by atoms with Crippen LogP contribution in [0.2, 0.25) is 0 Å². The zero-order valence-electron chi connectivity index (χ0n) is 23.8. The monoisotopic (exact) mass is 548 g/mol. The van der Waals surface area contributed by atoms with Crippen LogP contribution < -0.4 is 0 Å². The standard InChI is InChI=1S/2C15H30O2.Zn/c2*1-2-3-4-5-6-7-8-9-10-11-12-13-14-15(16)17;/h2*2-14H2,1H3,(H,16,17);. The largest absolute Gasteiger partial charge is 0.481 e. The van der Waals surface area contributed by atoms with Gasteiger partial charge in [0.15, 0.2) is 0 Å². The van der Waals surface area contributed by atoms with E-state index >= 15 is 0 Å². The zero-order chi connectivity index (χ0) is 25.5. The van der Waals surface area contributed by atoms with Gasteiger partial charge in [-0.05, 0) is 12.8 Å². The van der Waals surface area contributed by atoms with Crippen molar-refractivity contribution in [3.05, 3.63) is 0 Å². The van der Waals surface area contributed by atoms with Crippen molar-refractivity contribution in [3.8, 4) is 0 Å². The van der Waals surface area contributed by atoms with E-state index in [4.69, 9.17) is 10.2 Å². The van der Waals surface area contributed by atoms with Gasteiger partial charge in [0.2, 0.25) is 0 Å². The molecule has 4 nitrogen and oxygen atoms in total. The first-order valence-corrected chi connectivity index (χ1v) is 15.0. The summed E-state index contributed by atoms with van der Waals surface area (Å²) in [7, 11) is 0. The fourth-order valence-electron chi connectivity index (χ4n) is 4.23. The van der Waals surface area contributed by atoms with Gasteiger partial charge in [-0.2, -0.15) is 0 Å². The maximum atomic E-state index is 10.3. The number of carbonyl (C=O) groups is 2. The molecule has 2 N–H and O–H groups in total. The first-order valence-electron chi connectivity index (χ1n) is 15.0. The van der Waals surface area contributed by atoms with Crippen molar-refractivity contribution in [1.82, 2.24) is 0 Å². The van der Waals surface area contributed by atoms with E-state index in [0.717, 1.165) is 25.7 Å². The number of hydrogen-bond acceptors (Lipinski definition) is 2. The van der Waals surface area contributed by atoms with Crippen LogP contribution in [0, 0.1) is 0 Å². The second kappa shape index (κ2) is 35.7. The summed E-state index contributed by atoms with van der Waals surface area (Å²) in [6.07, 6.45) is 31.6. The van der Waals surface area contributed by atoms with E-state index in [0.29, 0.717) is 12.8 Å². The molecule has 0 aromatic rings. The first kappa shape index (κ1) is 39.1. The van der Waals surface area contributed by atoms with E-state index < -0.39 is 11.9 Å². The Kier molecular flexibility index (Phi) is 39.9. The molecule has 0 atom stereocenters. The quantitative estimate of drug-likeness (QED) is 0.0830. The summed E-state index contributed by atoms with van der Waals surface area (Å²) in [5.74, 6) is -1.31. The molecule has 0 rings (SSSR count). The van der Waals surface area contributed by atoms with Crippen molar-refractivity contribution < 1.29 is 39.3 Å². The van der Waals surface area contributed by atoms with Gasteiger partial charge >= 0.3 is 11.9 Å². The second-order valence-electron chi connectivity index (χ2n) is 10.1. The summed E-state index contributed by atoms with van der Waals surface area (Å²) < 4.78 is 0. The summed E-state index contributed by atoms with van der Waals surface area (Å²) in [5, 5.41) is 16.9. The molecule has 35 heavy (non-hydrogen) atoms.